The number of rotatable bonds is 9. The Morgan fingerprint density at radius 1 is 0.824 bits per heavy atom. The average Bonchev–Trinajstić information content (AvgIpc) is 2.34. The summed E-state index contributed by atoms with van der Waals surface area (Å²) in [5.41, 5.74) is 1.45. The molecule has 0 saturated heterocycles. The Bertz CT molecular complexity index is 254. The van der Waals surface area contributed by atoms with Crippen LogP contribution in [0.2, 0.25) is 0 Å². The summed E-state index contributed by atoms with van der Waals surface area (Å²) in [6, 6.07) is 10.7. The van der Waals surface area contributed by atoms with Crippen LogP contribution in [0, 0.1) is 0 Å². The van der Waals surface area contributed by atoms with Crippen molar-refractivity contribution in [2.45, 2.75) is 44.9 Å². The fraction of sp³-hybridized carbons (Fsp3) is 0.571. The number of benzene rings is 1. The Morgan fingerprint density at radius 2 is 1.41 bits per heavy atom. The molecule has 0 saturated carbocycles. The Kier molecular flexibility index (Phi) is 13.5. The van der Waals surface area contributed by atoms with Crippen LogP contribution >= 0.6 is 8.81 Å². The van der Waals surface area contributed by atoms with Gasteiger partial charge in [-0.15, -0.1) is 0 Å². The van der Waals surface area contributed by atoms with E-state index in [1.54, 1.807) is 0 Å². The minimum atomic E-state index is -0.0988. The van der Waals surface area contributed by atoms with Crippen LogP contribution in [0.4, 0.5) is 0 Å². The molecule has 0 spiro atoms. The normalized spacial score (nSPS) is 10.6. The van der Waals surface area contributed by atoms with Crippen LogP contribution in [0.5, 0.6) is 0 Å². The van der Waals surface area contributed by atoms with Crippen molar-refractivity contribution in [3.8, 4) is 0 Å². The van der Waals surface area contributed by atoms with Crippen LogP contribution in [0.3, 0.4) is 0 Å². The van der Waals surface area contributed by atoms with Gasteiger partial charge in [-0.25, -0.2) is 8.81 Å². The predicted molar refractivity (Wildman–Crippen MR) is 71.0 cm³/mol. The van der Waals surface area contributed by atoms with Crippen molar-refractivity contribution < 1.29 is 34.5 Å². The van der Waals surface area contributed by atoms with E-state index in [1.165, 1.54) is 44.1 Å². The first-order chi connectivity index (χ1) is 7.93. The second kappa shape index (κ2) is 13.1. The Hall–Kier alpha value is 0.610. The van der Waals surface area contributed by atoms with Gasteiger partial charge in [-0.05, 0) is 24.6 Å². The maximum Gasteiger partial charge on any atom is 1.00 e. The van der Waals surface area contributed by atoms with Gasteiger partial charge in [0.1, 0.15) is 0 Å². The number of aryl methyl sites for hydroxylation is 1. The van der Waals surface area contributed by atoms with Crippen molar-refractivity contribution in [3.05, 3.63) is 35.9 Å². The molecule has 0 aromatic heterocycles. The summed E-state index contributed by atoms with van der Waals surface area (Å²) in [5.74, 6) is 0. The van der Waals surface area contributed by atoms with Gasteiger partial charge in [-0.2, -0.15) is 0 Å². The van der Waals surface area contributed by atoms with Crippen LogP contribution < -0.4 is 34.5 Å². The van der Waals surface area contributed by atoms with Crippen molar-refractivity contribution in [2.75, 3.05) is 6.16 Å². The third-order valence-electron chi connectivity index (χ3n) is 2.84. The molecule has 0 aliphatic rings. The maximum absolute atomic E-state index is 10.2. The Balaban J connectivity index is 0.00000256. The molecule has 1 atom stereocenters. The zero-order chi connectivity index (χ0) is 11.5. The molecule has 90 valence electrons. The van der Waals surface area contributed by atoms with Crippen molar-refractivity contribution in [1.82, 2.24) is 0 Å². The summed E-state index contributed by atoms with van der Waals surface area (Å²) in [6.45, 7) is 0. The van der Waals surface area contributed by atoms with E-state index < -0.39 is 0 Å². The van der Waals surface area contributed by atoms with Gasteiger partial charge in [0.25, 0.3) is 0 Å². The average molecular weight is 260 g/mol. The molecule has 0 aliphatic heterocycles. The van der Waals surface area contributed by atoms with E-state index in [9.17, 15) is 4.89 Å². The molecule has 0 radical (unpaired) electrons. The molecule has 1 unspecified atom stereocenters. The molecule has 1 nitrogen and oxygen atoms in total. The van der Waals surface area contributed by atoms with Gasteiger partial charge in [0.15, 0.2) is 0 Å². The summed E-state index contributed by atoms with van der Waals surface area (Å²) < 4.78 is 0. The molecule has 0 aliphatic carbocycles. The first-order valence-electron chi connectivity index (χ1n) is 6.32. The monoisotopic (exact) mass is 260 g/mol. The SMILES string of the molecule is [Na+].[O-]PCCCCCCCCc1ccccc1. The third-order valence-corrected chi connectivity index (χ3v) is 3.39. The van der Waals surface area contributed by atoms with Gasteiger partial charge in [0.05, 0.1) is 0 Å². The Labute approximate surface area is 130 Å². The van der Waals surface area contributed by atoms with E-state index in [0.29, 0.717) is 0 Å². The van der Waals surface area contributed by atoms with Crippen LogP contribution in [-0.2, 0) is 6.42 Å². The summed E-state index contributed by atoms with van der Waals surface area (Å²) >= 11 is 0. The molecule has 0 amide bonds. The zero-order valence-electron chi connectivity index (χ0n) is 11.0. The number of hydrogen-bond donors (Lipinski definition) is 0. The molecule has 0 heterocycles. The number of hydrogen-bond acceptors (Lipinski definition) is 1. The van der Waals surface area contributed by atoms with Crippen molar-refractivity contribution in [2.24, 2.45) is 0 Å². The second-order valence-corrected chi connectivity index (χ2v) is 5.04. The molecule has 0 N–H and O–H groups in total. The quantitative estimate of drug-likeness (QED) is 0.361. The number of unbranched alkanes of at least 4 members (excludes halogenated alkanes) is 5. The van der Waals surface area contributed by atoms with E-state index in [1.807, 2.05) is 0 Å². The molecule has 1 rings (SSSR count). The molecule has 0 bridgehead atoms. The van der Waals surface area contributed by atoms with Crippen LogP contribution in [0.25, 0.3) is 0 Å². The molecule has 3 heteroatoms. The third kappa shape index (κ3) is 10.2. The standard InChI is InChI=1S/C14H22OP.Na/c15-16-13-9-4-2-1-3-6-10-14-11-7-5-8-12-14;/h5,7-8,11-12,16H,1-4,6,9-10,13H2;/q-1;+1. The van der Waals surface area contributed by atoms with Gasteiger partial charge < -0.3 is 4.89 Å². The fourth-order valence-corrected chi connectivity index (χ4v) is 2.27. The molecular formula is C14H22NaOP. The minimum absolute atomic E-state index is 0. The van der Waals surface area contributed by atoms with Gasteiger partial charge in [-0.3, -0.25) is 0 Å². The summed E-state index contributed by atoms with van der Waals surface area (Å²) in [6.07, 6.45) is 9.75. The summed E-state index contributed by atoms with van der Waals surface area (Å²) in [5, 5.41) is 0. The smallest absolute Gasteiger partial charge is 0.832 e. The first kappa shape index (κ1) is 17.6. The molecule has 1 aromatic rings. The van der Waals surface area contributed by atoms with Crippen LogP contribution in [0.1, 0.15) is 44.1 Å². The van der Waals surface area contributed by atoms with Crippen LogP contribution in [0.15, 0.2) is 30.3 Å². The molecule has 0 fully saturated rings. The largest absolute Gasteiger partial charge is 1.00 e. The predicted octanol–water partition coefficient (Wildman–Crippen LogP) is 0.527. The van der Waals surface area contributed by atoms with Crippen LogP contribution in [-0.4, -0.2) is 6.16 Å². The Morgan fingerprint density at radius 3 is 2.06 bits per heavy atom. The van der Waals surface area contributed by atoms with E-state index in [-0.39, 0.29) is 38.4 Å². The van der Waals surface area contributed by atoms with Gasteiger partial charge >= 0.3 is 29.6 Å². The minimum Gasteiger partial charge on any atom is -0.832 e. The summed E-state index contributed by atoms with van der Waals surface area (Å²) in [7, 11) is -0.0988. The fourth-order valence-electron chi connectivity index (χ4n) is 1.88. The second-order valence-electron chi connectivity index (χ2n) is 4.25. The first-order valence-corrected chi connectivity index (χ1v) is 7.44. The molecular weight excluding hydrogens is 238 g/mol. The van der Waals surface area contributed by atoms with Crippen molar-refractivity contribution in [1.29, 1.82) is 0 Å². The van der Waals surface area contributed by atoms with E-state index in [2.05, 4.69) is 30.3 Å². The van der Waals surface area contributed by atoms with Gasteiger partial charge in [-0.1, -0.05) is 62.4 Å². The summed E-state index contributed by atoms with van der Waals surface area (Å²) in [4.78, 5) is 10.2. The molecule has 17 heavy (non-hydrogen) atoms. The van der Waals surface area contributed by atoms with Gasteiger partial charge in [0.2, 0.25) is 0 Å². The zero-order valence-corrected chi connectivity index (χ0v) is 14.0. The van der Waals surface area contributed by atoms with Gasteiger partial charge in [0, 0.05) is 0 Å². The van der Waals surface area contributed by atoms with E-state index >= 15 is 0 Å². The maximum atomic E-state index is 10.2. The van der Waals surface area contributed by atoms with Crippen molar-refractivity contribution >= 4 is 8.81 Å². The topological polar surface area (TPSA) is 23.1 Å². The molecule has 1 aromatic carbocycles. The van der Waals surface area contributed by atoms with Crippen molar-refractivity contribution in [3.63, 3.8) is 0 Å². The van der Waals surface area contributed by atoms with E-state index in [0.717, 1.165) is 12.6 Å². The van der Waals surface area contributed by atoms with E-state index in [4.69, 9.17) is 0 Å².